The van der Waals surface area contributed by atoms with E-state index in [1.54, 1.807) is 19.1 Å². The number of hydrogen-bond acceptors (Lipinski definition) is 6. The largest absolute Gasteiger partial charge is 0.462 e. The number of imide groups is 1. The van der Waals surface area contributed by atoms with Crippen molar-refractivity contribution in [1.82, 2.24) is 0 Å². The summed E-state index contributed by atoms with van der Waals surface area (Å²) in [6.45, 7) is 1.68. The number of ether oxygens (including phenoxy) is 1. The van der Waals surface area contributed by atoms with Crippen LogP contribution < -0.4 is 4.90 Å². The first-order chi connectivity index (χ1) is 11.9. The smallest absolute Gasteiger partial charge is 0.338 e. The molecule has 2 aromatic rings. The zero-order valence-electron chi connectivity index (χ0n) is 13.1. The summed E-state index contributed by atoms with van der Waals surface area (Å²) in [5, 5.41) is 11.1. The molecule has 2 aromatic carbocycles. The molecule has 0 aliphatic carbocycles. The van der Waals surface area contributed by atoms with E-state index in [9.17, 15) is 24.5 Å². The maximum atomic E-state index is 12.5. The number of non-ortho nitro benzene ring substituents is 1. The van der Waals surface area contributed by atoms with E-state index in [0.717, 1.165) is 17.0 Å². The molecule has 0 fully saturated rings. The molecule has 8 heteroatoms. The standard InChI is InChI=1S/C17H12N2O6/c1-2-25-17(22)10-7-11(9-12(8-10)19(23)24)18-15(20)13-5-3-4-6-14(13)16(18)21/h3-9H,2H2,1H3. The number of nitro groups is 1. The quantitative estimate of drug-likeness (QED) is 0.366. The second kappa shape index (κ2) is 6.16. The lowest BCUT2D eigenvalue weighted by Gasteiger charge is -2.14. The first kappa shape index (κ1) is 16.3. The number of nitrogens with zero attached hydrogens (tertiary/aromatic N) is 2. The molecule has 0 N–H and O–H groups in total. The van der Waals surface area contributed by atoms with E-state index in [0.29, 0.717) is 0 Å². The number of nitro benzene ring substituents is 1. The van der Waals surface area contributed by atoms with Crippen LogP contribution in [0.4, 0.5) is 11.4 Å². The lowest BCUT2D eigenvalue weighted by atomic mass is 10.1. The molecule has 0 radical (unpaired) electrons. The van der Waals surface area contributed by atoms with E-state index in [-0.39, 0.29) is 29.0 Å². The molecule has 25 heavy (non-hydrogen) atoms. The molecule has 1 aliphatic rings. The molecule has 1 heterocycles. The van der Waals surface area contributed by atoms with Crippen molar-refractivity contribution in [2.75, 3.05) is 11.5 Å². The SMILES string of the molecule is CCOC(=O)c1cc(N2C(=O)c3ccccc3C2=O)cc([N+](=O)[O-])c1. The predicted octanol–water partition coefficient (Wildman–Crippen LogP) is 2.57. The van der Waals surface area contributed by atoms with E-state index < -0.39 is 28.4 Å². The van der Waals surface area contributed by atoms with Gasteiger partial charge in [-0.05, 0) is 25.1 Å². The number of benzene rings is 2. The van der Waals surface area contributed by atoms with Crippen LogP contribution in [0.3, 0.4) is 0 Å². The number of hydrogen-bond donors (Lipinski definition) is 0. The van der Waals surface area contributed by atoms with Crippen molar-refractivity contribution in [1.29, 1.82) is 0 Å². The van der Waals surface area contributed by atoms with Crippen LogP contribution in [0.25, 0.3) is 0 Å². The highest BCUT2D eigenvalue weighted by Crippen LogP contribution is 2.31. The second-order valence-electron chi connectivity index (χ2n) is 5.21. The maximum Gasteiger partial charge on any atom is 0.338 e. The molecule has 0 spiro atoms. The molecule has 2 amide bonds. The van der Waals surface area contributed by atoms with Crippen LogP contribution in [-0.4, -0.2) is 29.3 Å². The number of amides is 2. The predicted molar refractivity (Wildman–Crippen MR) is 86.6 cm³/mol. The second-order valence-corrected chi connectivity index (χ2v) is 5.21. The van der Waals surface area contributed by atoms with E-state index in [2.05, 4.69) is 0 Å². The Morgan fingerprint density at radius 3 is 2.24 bits per heavy atom. The van der Waals surface area contributed by atoms with E-state index in [1.807, 2.05) is 0 Å². The molecule has 0 unspecified atom stereocenters. The number of esters is 1. The fourth-order valence-corrected chi connectivity index (χ4v) is 2.59. The third-order valence-electron chi connectivity index (χ3n) is 3.68. The van der Waals surface area contributed by atoms with Gasteiger partial charge in [-0.25, -0.2) is 9.69 Å². The lowest BCUT2D eigenvalue weighted by Crippen LogP contribution is -2.29. The fraction of sp³-hybridized carbons (Fsp3) is 0.118. The van der Waals surface area contributed by atoms with E-state index >= 15 is 0 Å². The number of anilines is 1. The van der Waals surface area contributed by atoms with E-state index in [4.69, 9.17) is 4.74 Å². The minimum atomic E-state index is -0.774. The summed E-state index contributed by atoms with van der Waals surface area (Å²) in [4.78, 5) is 48.2. The van der Waals surface area contributed by atoms with Gasteiger partial charge in [-0.2, -0.15) is 0 Å². The van der Waals surface area contributed by atoms with Crippen LogP contribution in [0.2, 0.25) is 0 Å². The van der Waals surface area contributed by atoms with Crippen molar-refractivity contribution in [3.8, 4) is 0 Å². The Hall–Kier alpha value is -3.55. The zero-order chi connectivity index (χ0) is 18.1. The van der Waals surface area contributed by atoms with Gasteiger partial charge in [-0.1, -0.05) is 12.1 Å². The fourth-order valence-electron chi connectivity index (χ4n) is 2.59. The number of fused-ring (bicyclic) bond motifs is 1. The van der Waals surface area contributed by atoms with Gasteiger partial charge in [0.05, 0.1) is 33.9 Å². The number of carbonyl (C=O) groups is 3. The molecule has 0 saturated carbocycles. The van der Waals surface area contributed by atoms with Gasteiger partial charge in [0.25, 0.3) is 17.5 Å². The van der Waals surface area contributed by atoms with Gasteiger partial charge in [0, 0.05) is 12.1 Å². The first-order valence-corrected chi connectivity index (χ1v) is 7.38. The minimum absolute atomic E-state index is 0.0524. The normalized spacial score (nSPS) is 12.9. The molecule has 0 atom stereocenters. The number of carbonyl (C=O) groups excluding carboxylic acids is 3. The third-order valence-corrected chi connectivity index (χ3v) is 3.68. The van der Waals surface area contributed by atoms with Crippen molar-refractivity contribution >= 4 is 29.2 Å². The highest BCUT2D eigenvalue weighted by atomic mass is 16.6. The molecule has 1 aliphatic heterocycles. The molecule has 0 aromatic heterocycles. The highest BCUT2D eigenvalue weighted by molar-refractivity contribution is 6.34. The van der Waals surface area contributed by atoms with Crippen LogP contribution in [0, 0.1) is 10.1 Å². The minimum Gasteiger partial charge on any atom is -0.462 e. The van der Waals surface area contributed by atoms with Gasteiger partial charge in [-0.3, -0.25) is 19.7 Å². The Labute approximate surface area is 141 Å². The average Bonchev–Trinajstić information content (AvgIpc) is 2.86. The Kier molecular flexibility index (Phi) is 4.02. The molecule has 0 saturated heterocycles. The Bertz CT molecular complexity index is 886. The molecular weight excluding hydrogens is 328 g/mol. The molecular formula is C17H12N2O6. The van der Waals surface area contributed by atoms with Crippen molar-refractivity contribution in [2.24, 2.45) is 0 Å². The first-order valence-electron chi connectivity index (χ1n) is 7.38. The monoisotopic (exact) mass is 340 g/mol. The van der Waals surface area contributed by atoms with Gasteiger partial charge in [0.2, 0.25) is 0 Å². The van der Waals surface area contributed by atoms with Crippen LogP contribution in [0.1, 0.15) is 38.0 Å². The summed E-state index contributed by atoms with van der Waals surface area (Å²) in [5.74, 6) is -1.98. The van der Waals surface area contributed by atoms with Crippen molar-refractivity contribution in [3.05, 3.63) is 69.3 Å². The molecule has 126 valence electrons. The number of rotatable bonds is 4. The summed E-state index contributed by atoms with van der Waals surface area (Å²) in [5.41, 5.74) is -0.170. The third kappa shape index (κ3) is 2.74. The van der Waals surface area contributed by atoms with Crippen LogP contribution >= 0.6 is 0 Å². The Morgan fingerprint density at radius 1 is 1.12 bits per heavy atom. The summed E-state index contributed by atoms with van der Waals surface area (Å²) in [6.07, 6.45) is 0. The lowest BCUT2D eigenvalue weighted by molar-refractivity contribution is -0.384. The van der Waals surface area contributed by atoms with E-state index in [1.165, 1.54) is 18.2 Å². The molecule has 3 rings (SSSR count). The summed E-state index contributed by atoms with van der Waals surface area (Å²) in [6, 6.07) is 9.57. The Morgan fingerprint density at radius 2 is 1.72 bits per heavy atom. The van der Waals surface area contributed by atoms with Crippen molar-refractivity contribution in [2.45, 2.75) is 6.92 Å². The van der Waals surface area contributed by atoms with Gasteiger partial charge in [0.1, 0.15) is 0 Å². The van der Waals surface area contributed by atoms with Crippen LogP contribution in [-0.2, 0) is 4.74 Å². The van der Waals surface area contributed by atoms with Crippen molar-refractivity contribution in [3.63, 3.8) is 0 Å². The maximum absolute atomic E-state index is 12.5. The average molecular weight is 340 g/mol. The van der Waals surface area contributed by atoms with Crippen LogP contribution in [0.5, 0.6) is 0 Å². The van der Waals surface area contributed by atoms with Crippen molar-refractivity contribution < 1.29 is 24.0 Å². The summed E-state index contributed by atoms with van der Waals surface area (Å²) >= 11 is 0. The molecule has 8 nitrogen and oxygen atoms in total. The summed E-state index contributed by atoms with van der Waals surface area (Å²) < 4.78 is 4.85. The zero-order valence-corrected chi connectivity index (χ0v) is 13.1. The topological polar surface area (TPSA) is 107 Å². The highest BCUT2D eigenvalue weighted by Gasteiger charge is 2.37. The van der Waals surface area contributed by atoms with Gasteiger partial charge >= 0.3 is 5.97 Å². The van der Waals surface area contributed by atoms with Gasteiger partial charge in [0.15, 0.2) is 0 Å². The van der Waals surface area contributed by atoms with Gasteiger partial charge < -0.3 is 4.74 Å². The molecule has 0 bridgehead atoms. The van der Waals surface area contributed by atoms with Gasteiger partial charge in [-0.15, -0.1) is 0 Å². The summed E-state index contributed by atoms with van der Waals surface area (Å²) in [7, 11) is 0. The Balaban J connectivity index is 2.11. The van der Waals surface area contributed by atoms with Crippen LogP contribution in [0.15, 0.2) is 42.5 Å².